The summed E-state index contributed by atoms with van der Waals surface area (Å²) in [6.45, 7) is 4.07. The molecule has 1 aliphatic heterocycles. The Morgan fingerprint density at radius 2 is 2.03 bits per heavy atom. The number of nitrogens with one attached hydrogen (secondary N) is 1. The van der Waals surface area contributed by atoms with Crippen LogP contribution in [-0.4, -0.2) is 51.5 Å². The Morgan fingerprint density at radius 1 is 1.21 bits per heavy atom. The number of aromatic nitrogens is 3. The minimum Gasteiger partial charge on any atom is -0.396 e. The molecule has 148 valence electrons. The van der Waals surface area contributed by atoms with Crippen molar-refractivity contribution in [2.45, 2.75) is 19.8 Å². The number of benzene rings is 1. The van der Waals surface area contributed by atoms with E-state index in [0.717, 1.165) is 37.1 Å². The number of amides is 2. The summed E-state index contributed by atoms with van der Waals surface area (Å²) in [6.07, 6.45) is 5.11. The molecule has 1 aromatic carbocycles. The zero-order valence-corrected chi connectivity index (χ0v) is 16.2. The predicted molar refractivity (Wildman–Crippen MR) is 110 cm³/mol. The van der Waals surface area contributed by atoms with Crippen LogP contribution >= 0.6 is 0 Å². The van der Waals surface area contributed by atoms with Crippen LogP contribution in [0.5, 0.6) is 0 Å². The van der Waals surface area contributed by atoms with Gasteiger partial charge in [-0.05, 0) is 18.9 Å². The molecular weight excluding hydrogens is 368 g/mol. The zero-order chi connectivity index (χ0) is 20.4. The SMILES string of the molecule is CCCNC(=O)c1nnc2c(-c3cncc(C(=O)N4CCC4)c3)cccc2c1N. The lowest BCUT2D eigenvalue weighted by Gasteiger charge is -2.30. The van der Waals surface area contributed by atoms with Crippen molar-refractivity contribution < 1.29 is 9.59 Å². The number of nitrogens with zero attached hydrogens (tertiary/aromatic N) is 4. The maximum Gasteiger partial charge on any atom is 0.273 e. The summed E-state index contributed by atoms with van der Waals surface area (Å²) in [4.78, 5) is 30.9. The maximum absolute atomic E-state index is 12.5. The monoisotopic (exact) mass is 390 g/mol. The minimum absolute atomic E-state index is 0.0219. The van der Waals surface area contributed by atoms with Gasteiger partial charge in [-0.2, -0.15) is 0 Å². The number of carbonyl (C=O) groups excluding carboxylic acids is 2. The van der Waals surface area contributed by atoms with E-state index in [0.29, 0.717) is 23.0 Å². The Bertz CT molecular complexity index is 1090. The molecule has 0 unspecified atom stereocenters. The Morgan fingerprint density at radius 3 is 2.76 bits per heavy atom. The third-order valence-electron chi connectivity index (χ3n) is 5.02. The smallest absolute Gasteiger partial charge is 0.273 e. The first-order valence-electron chi connectivity index (χ1n) is 9.68. The topological polar surface area (TPSA) is 114 Å². The van der Waals surface area contributed by atoms with Crippen LogP contribution in [0.1, 0.15) is 40.6 Å². The summed E-state index contributed by atoms with van der Waals surface area (Å²) >= 11 is 0. The van der Waals surface area contributed by atoms with Gasteiger partial charge in [0, 0.05) is 48.5 Å². The van der Waals surface area contributed by atoms with Gasteiger partial charge in [0.2, 0.25) is 0 Å². The van der Waals surface area contributed by atoms with Gasteiger partial charge in [-0.3, -0.25) is 14.6 Å². The van der Waals surface area contributed by atoms with Crippen molar-refractivity contribution in [2.24, 2.45) is 0 Å². The van der Waals surface area contributed by atoms with Gasteiger partial charge in [0.25, 0.3) is 11.8 Å². The van der Waals surface area contributed by atoms with Crippen molar-refractivity contribution in [1.29, 1.82) is 0 Å². The lowest BCUT2D eigenvalue weighted by atomic mass is 10.0. The summed E-state index contributed by atoms with van der Waals surface area (Å²) in [5.41, 5.74) is 9.25. The second-order valence-electron chi connectivity index (χ2n) is 7.03. The first-order valence-corrected chi connectivity index (χ1v) is 9.68. The first-order chi connectivity index (χ1) is 14.1. The second-order valence-corrected chi connectivity index (χ2v) is 7.03. The van der Waals surface area contributed by atoms with Gasteiger partial charge in [-0.1, -0.05) is 25.1 Å². The Labute approximate surface area is 168 Å². The van der Waals surface area contributed by atoms with Crippen LogP contribution in [0.3, 0.4) is 0 Å². The number of hydrogen-bond acceptors (Lipinski definition) is 6. The van der Waals surface area contributed by atoms with Gasteiger partial charge in [0.15, 0.2) is 5.69 Å². The van der Waals surface area contributed by atoms with Crippen molar-refractivity contribution in [3.8, 4) is 11.1 Å². The molecule has 1 fully saturated rings. The standard InChI is InChI=1S/C21H22N6O2/c1-2-7-24-20(28)19-17(22)16-6-3-5-15(18(16)25-26-19)13-10-14(12-23-11-13)21(29)27-8-4-9-27/h3,5-6,10-12H,2,4,7-9H2,1H3,(H2,22,25)(H,24,28). The largest absolute Gasteiger partial charge is 0.396 e. The number of fused-ring (bicyclic) bond motifs is 1. The number of likely N-dealkylation sites (tertiary alicyclic amines) is 1. The van der Waals surface area contributed by atoms with E-state index in [1.54, 1.807) is 17.3 Å². The molecule has 1 aliphatic rings. The van der Waals surface area contributed by atoms with Gasteiger partial charge < -0.3 is 16.0 Å². The van der Waals surface area contributed by atoms with Gasteiger partial charge in [-0.15, -0.1) is 10.2 Å². The highest BCUT2D eigenvalue weighted by Gasteiger charge is 2.22. The molecule has 8 heteroatoms. The van der Waals surface area contributed by atoms with Crippen molar-refractivity contribution in [1.82, 2.24) is 25.4 Å². The highest BCUT2D eigenvalue weighted by Crippen LogP contribution is 2.31. The number of pyridine rings is 1. The summed E-state index contributed by atoms with van der Waals surface area (Å²) in [6, 6.07) is 7.33. The molecule has 29 heavy (non-hydrogen) atoms. The molecule has 0 bridgehead atoms. The lowest BCUT2D eigenvalue weighted by molar-refractivity contribution is 0.0651. The van der Waals surface area contributed by atoms with Crippen molar-refractivity contribution in [3.05, 3.63) is 47.9 Å². The number of nitrogen functional groups attached to an aromatic ring is 1. The zero-order valence-electron chi connectivity index (χ0n) is 16.2. The molecule has 1 saturated heterocycles. The average molecular weight is 390 g/mol. The van der Waals surface area contributed by atoms with E-state index in [1.165, 1.54) is 0 Å². The minimum atomic E-state index is -0.340. The number of rotatable bonds is 5. The second kappa shape index (κ2) is 7.83. The van der Waals surface area contributed by atoms with E-state index in [4.69, 9.17) is 5.73 Å². The highest BCUT2D eigenvalue weighted by molar-refractivity contribution is 6.07. The van der Waals surface area contributed by atoms with Gasteiger partial charge >= 0.3 is 0 Å². The average Bonchev–Trinajstić information content (AvgIpc) is 2.71. The summed E-state index contributed by atoms with van der Waals surface area (Å²) in [7, 11) is 0. The molecule has 0 aliphatic carbocycles. The number of hydrogen-bond donors (Lipinski definition) is 2. The first kappa shape index (κ1) is 18.8. The molecule has 4 rings (SSSR count). The Hall–Kier alpha value is -3.55. The van der Waals surface area contributed by atoms with Crippen LogP contribution in [0.15, 0.2) is 36.7 Å². The molecule has 3 heterocycles. The predicted octanol–water partition coefficient (Wildman–Crippen LogP) is 2.26. The quantitative estimate of drug-likeness (QED) is 0.691. The number of anilines is 1. The van der Waals surface area contributed by atoms with Crippen molar-refractivity contribution in [3.63, 3.8) is 0 Å². The van der Waals surface area contributed by atoms with Crippen molar-refractivity contribution in [2.75, 3.05) is 25.4 Å². The maximum atomic E-state index is 12.5. The van der Waals surface area contributed by atoms with Gasteiger partial charge in [0.05, 0.1) is 11.3 Å². The van der Waals surface area contributed by atoms with E-state index in [2.05, 4.69) is 20.5 Å². The molecule has 2 amide bonds. The van der Waals surface area contributed by atoms with Crippen LogP contribution < -0.4 is 11.1 Å². The molecule has 0 saturated carbocycles. The molecular formula is C21H22N6O2. The van der Waals surface area contributed by atoms with E-state index in [9.17, 15) is 9.59 Å². The van der Waals surface area contributed by atoms with E-state index >= 15 is 0 Å². The molecule has 2 aromatic heterocycles. The summed E-state index contributed by atoms with van der Waals surface area (Å²) in [5.74, 6) is -0.362. The van der Waals surface area contributed by atoms with Gasteiger partial charge in [-0.25, -0.2) is 0 Å². The Kier molecular flexibility index (Phi) is 5.07. The molecule has 3 aromatic rings. The highest BCUT2D eigenvalue weighted by atomic mass is 16.2. The van der Waals surface area contributed by atoms with Crippen LogP contribution in [0, 0.1) is 0 Å². The molecule has 0 radical (unpaired) electrons. The fourth-order valence-corrected chi connectivity index (χ4v) is 3.28. The van der Waals surface area contributed by atoms with E-state index < -0.39 is 0 Å². The molecule has 8 nitrogen and oxygen atoms in total. The third kappa shape index (κ3) is 3.49. The molecule has 0 spiro atoms. The van der Waals surface area contributed by atoms with Crippen LogP contribution in [0.2, 0.25) is 0 Å². The normalized spacial score (nSPS) is 13.2. The number of carbonyl (C=O) groups is 2. The van der Waals surface area contributed by atoms with Crippen molar-refractivity contribution >= 4 is 28.4 Å². The number of nitrogens with two attached hydrogens (primary N) is 1. The Balaban J connectivity index is 1.74. The van der Waals surface area contributed by atoms with Crippen LogP contribution in [0.4, 0.5) is 5.69 Å². The van der Waals surface area contributed by atoms with Crippen LogP contribution in [0.25, 0.3) is 22.0 Å². The van der Waals surface area contributed by atoms with Gasteiger partial charge in [0.1, 0.15) is 5.52 Å². The molecule has 3 N–H and O–H groups in total. The van der Waals surface area contributed by atoms with E-state index in [-0.39, 0.29) is 23.2 Å². The lowest BCUT2D eigenvalue weighted by Crippen LogP contribution is -2.42. The summed E-state index contributed by atoms with van der Waals surface area (Å²) in [5, 5.41) is 11.7. The molecule has 0 atom stereocenters. The van der Waals surface area contributed by atoms with Crippen LogP contribution in [-0.2, 0) is 0 Å². The fourth-order valence-electron chi connectivity index (χ4n) is 3.28. The summed E-state index contributed by atoms with van der Waals surface area (Å²) < 4.78 is 0. The third-order valence-corrected chi connectivity index (χ3v) is 5.02. The van der Waals surface area contributed by atoms with E-state index in [1.807, 2.05) is 31.2 Å². The fraction of sp³-hybridized carbons (Fsp3) is 0.286.